The molecule has 0 aliphatic carbocycles. The van der Waals surface area contributed by atoms with Crippen LogP contribution in [-0.2, 0) is 0 Å². The fraction of sp³-hybridized carbons (Fsp3) is 0.320. The van der Waals surface area contributed by atoms with E-state index in [0.717, 1.165) is 59.4 Å². The average molecular weight is 430 g/mol. The summed E-state index contributed by atoms with van der Waals surface area (Å²) in [7, 11) is 0. The molecule has 1 atom stereocenters. The van der Waals surface area contributed by atoms with Crippen molar-refractivity contribution in [3.05, 3.63) is 54.9 Å². The van der Waals surface area contributed by atoms with E-state index in [1.54, 1.807) is 12.4 Å². The summed E-state index contributed by atoms with van der Waals surface area (Å²) in [6, 6.07) is 14.4. The highest BCUT2D eigenvalue weighted by atomic mass is 16.5. The molecule has 1 fully saturated rings. The standard InChI is InChI=1S/C25H27N5O2/c1-16(2)31-19-6-3-5-17(11-19)18-8-9-22-21(12-18)25(30-29-22)23-14-27-15-24(28-23)32-20-7-4-10-26-13-20/h3,5-6,8-9,11-12,14-16,20,26H,4,7,10,13H2,1-2H3,(H,29,30). The predicted octanol–water partition coefficient (Wildman–Crippen LogP) is 4.60. The molecule has 4 aromatic rings. The Morgan fingerprint density at radius 1 is 1.06 bits per heavy atom. The number of nitrogens with one attached hydrogen (secondary N) is 2. The van der Waals surface area contributed by atoms with Gasteiger partial charge in [-0.25, -0.2) is 4.98 Å². The Hall–Kier alpha value is -3.45. The number of fused-ring (bicyclic) bond motifs is 1. The summed E-state index contributed by atoms with van der Waals surface area (Å²) in [5.74, 6) is 1.39. The Morgan fingerprint density at radius 2 is 1.97 bits per heavy atom. The topological polar surface area (TPSA) is 85.0 Å². The molecule has 2 aromatic heterocycles. The zero-order valence-corrected chi connectivity index (χ0v) is 18.3. The van der Waals surface area contributed by atoms with Gasteiger partial charge in [-0.2, -0.15) is 5.10 Å². The van der Waals surface area contributed by atoms with E-state index in [2.05, 4.69) is 44.8 Å². The first-order valence-electron chi connectivity index (χ1n) is 11.1. The predicted molar refractivity (Wildman–Crippen MR) is 125 cm³/mol. The minimum absolute atomic E-state index is 0.121. The number of piperidine rings is 1. The molecule has 1 saturated heterocycles. The van der Waals surface area contributed by atoms with Gasteiger partial charge in [0.15, 0.2) is 0 Å². The van der Waals surface area contributed by atoms with E-state index in [9.17, 15) is 0 Å². The summed E-state index contributed by atoms with van der Waals surface area (Å²) >= 11 is 0. The normalized spacial score (nSPS) is 16.4. The maximum Gasteiger partial charge on any atom is 0.233 e. The molecule has 164 valence electrons. The number of benzene rings is 2. The maximum absolute atomic E-state index is 6.06. The maximum atomic E-state index is 6.06. The van der Waals surface area contributed by atoms with Gasteiger partial charge in [-0.1, -0.05) is 18.2 Å². The molecule has 1 aliphatic rings. The van der Waals surface area contributed by atoms with Gasteiger partial charge >= 0.3 is 0 Å². The van der Waals surface area contributed by atoms with Gasteiger partial charge in [-0.15, -0.1) is 0 Å². The van der Waals surface area contributed by atoms with Crippen LogP contribution in [0.1, 0.15) is 26.7 Å². The number of ether oxygens (including phenoxy) is 2. The van der Waals surface area contributed by atoms with E-state index in [0.29, 0.717) is 11.6 Å². The first-order valence-corrected chi connectivity index (χ1v) is 11.1. The second kappa shape index (κ2) is 8.96. The zero-order chi connectivity index (χ0) is 21.9. The van der Waals surface area contributed by atoms with Crippen molar-refractivity contribution in [1.82, 2.24) is 25.5 Å². The van der Waals surface area contributed by atoms with E-state index in [1.165, 1.54) is 0 Å². The summed E-state index contributed by atoms with van der Waals surface area (Å²) in [5.41, 5.74) is 4.57. The molecular formula is C25H27N5O2. The zero-order valence-electron chi connectivity index (χ0n) is 18.3. The van der Waals surface area contributed by atoms with Gasteiger partial charge in [0.1, 0.15) is 23.2 Å². The highest BCUT2D eigenvalue weighted by molar-refractivity contribution is 5.94. The summed E-state index contributed by atoms with van der Waals surface area (Å²) in [5, 5.41) is 12.0. The van der Waals surface area contributed by atoms with Crippen LogP contribution < -0.4 is 14.8 Å². The van der Waals surface area contributed by atoms with Crippen LogP contribution in [0.5, 0.6) is 11.6 Å². The van der Waals surface area contributed by atoms with Crippen molar-refractivity contribution < 1.29 is 9.47 Å². The van der Waals surface area contributed by atoms with Crippen LogP contribution in [0.25, 0.3) is 33.4 Å². The van der Waals surface area contributed by atoms with Crippen molar-refractivity contribution in [2.24, 2.45) is 0 Å². The molecule has 0 saturated carbocycles. The van der Waals surface area contributed by atoms with E-state index < -0.39 is 0 Å². The molecule has 0 spiro atoms. The smallest absolute Gasteiger partial charge is 0.233 e. The van der Waals surface area contributed by atoms with Gasteiger partial charge in [0.05, 0.1) is 24.0 Å². The van der Waals surface area contributed by atoms with Crippen LogP contribution in [0.4, 0.5) is 0 Å². The lowest BCUT2D eigenvalue weighted by Crippen LogP contribution is -2.37. The number of aromatic nitrogens is 4. The van der Waals surface area contributed by atoms with E-state index in [4.69, 9.17) is 14.5 Å². The molecule has 2 N–H and O–H groups in total. The lowest BCUT2D eigenvalue weighted by atomic mass is 10.0. The molecule has 1 aliphatic heterocycles. The van der Waals surface area contributed by atoms with Crippen LogP contribution in [0, 0.1) is 0 Å². The van der Waals surface area contributed by atoms with Gasteiger partial charge in [0.25, 0.3) is 0 Å². The first kappa shape index (κ1) is 20.5. The van der Waals surface area contributed by atoms with Crippen molar-refractivity contribution in [2.75, 3.05) is 13.1 Å². The highest BCUT2D eigenvalue weighted by Crippen LogP contribution is 2.31. The van der Waals surface area contributed by atoms with Gasteiger partial charge in [-0.05, 0) is 68.6 Å². The van der Waals surface area contributed by atoms with Crippen LogP contribution in [0.3, 0.4) is 0 Å². The molecule has 5 rings (SSSR count). The Morgan fingerprint density at radius 3 is 2.81 bits per heavy atom. The fourth-order valence-electron chi connectivity index (χ4n) is 4.02. The van der Waals surface area contributed by atoms with Crippen molar-refractivity contribution in [3.8, 4) is 34.1 Å². The first-order chi connectivity index (χ1) is 15.7. The average Bonchev–Trinajstić information content (AvgIpc) is 3.23. The Balaban J connectivity index is 1.46. The van der Waals surface area contributed by atoms with E-state index in [-0.39, 0.29) is 12.2 Å². The van der Waals surface area contributed by atoms with Crippen LogP contribution >= 0.6 is 0 Å². The molecule has 2 aromatic carbocycles. The number of rotatable bonds is 6. The van der Waals surface area contributed by atoms with Crippen LogP contribution in [0.15, 0.2) is 54.9 Å². The lowest BCUT2D eigenvalue weighted by Gasteiger charge is -2.23. The summed E-state index contributed by atoms with van der Waals surface area (Å²) < 4.78 is 11.9. The number of H-pyrrole nitrogens is 1. The summed E-state index contributed by atoms with van der Waals surface area (Å²) in [4.78, 5) is 9.05. The van der Waals surface area contributed by atoms with Crippen molar-refractivity contribution in [1.29, 1.82) is 0 Å². The summed E-state index contributed by atoms with van der Waals surface area (Å²) in [6.07, 6.45) is 5.77. The van der Waals surface area contributed by atoms with Crippen LogP contribution in [-0.4, -0.2) is 45.5 Å². The van der Waals surface area contributed by atoms with Gasteiger partial charge < -0.3 is 14.8 Å². The fourth-order valence-corrected chi connectivity index (χ4v) is 4.02. The largest absolute Gasteiger partial charge is 0.491 e. The third-order valence-electron chi connectivity index (χ3n) is 5.50. The Labute approximate surface area is 187 Å². The lowest BCUT2D eigenvalue weighted by molar-refractivity contribution is 0.160. The Bertz CT molecular complexity index is 1210. The quantitative estimate of drug-likeness (QED) is 0.466. The number of hydrogen-bond acceptors (Lipinski definition) is 6. The second-order valence-electron chi connectivity index (χ2n) is 8.36. The highest BCUT2D eigenvalue weighted by Gasteiger charge is 2.17. The summed E-state index contributed by atoms with van der Waals surface area (Å²) in [6.45, 7) is 5.93. The minimum Gasteiger partial charge on any atom is -0.491 e. The Kier molecular flexibility index (Phi) is 5.73. The molecule has 32 heavy (non-hydrogen) atoms. The molecule has 7 heteroatoms. The number of hydrogen-bond donors (Lipinski definition) is 2. The SMILES string of the molecule is CC(C)Oc1cccc(-c2ccc3[nH]nc(-c4cncc(OC5CCCNC5)n4)c3c2)c1. The van der Waals surface area contributed by atoms with Crippen molar-refractivity contribution in [2.45, 2.75) is 38.9 Å². The molecule has 0 radical (unpaired) electrons. The molecule has 3 heterocycles. The molecule has 0 bridgehead atoms. The van der Waals surface area contributed by atoms with Gasteiger partial charge in [0.2, 0.25) is 5.88 Å². The third-order valence-corrected chi connectivity index (χ3v) is 5.50. The van der Waals surface area contributed by atoms with E-state index in [1.807, 2.05) is 32.0 Å². The molecule has 7 nitrogen and oxygen atoms in total. The van der Waals surface area contributed by atoms with Crippen LogP contribution in [0.2, 0.25) is 0 Å². The van der Waals surface area contributed by atoms with Crippen molar-refractivity contribution in [3.63, 3.8) is 0 Å². The van der Waals surface area contributed by atoms with E-state index >= 15 is 0 Å². The van der Waals surface area contributed by atoms with Gasteiger partial charge in [0, 0.05) is 11.9 Å². The molecule has 0 amide bonds. The number of nitrogens with zero attached hydrogens (tertiary/aromatic N) is 3. The monoisotopic (exact) mass is 429 g/mol. The second-order valence-corrected chi connectivity index (χ2v) is 8.36. The molecule has 1 unspecified atom stereocenters. The molecular weight excluding hydrogens is 402 g/mol. The minimum atomic E-state index is 0.121. The number of aromatic amines is 1. The van der Waals surface area contributed by atoms with Crippen molar-refractivity contribution >= 4 is 10.9 Å². The third kappa shape index (κ3) is 4.43. The van der Waals surface area contributed by atoms with Gasteiger partial charge in [-0.3, -0.25) is 10.1 Å².